The van der Waals surface area contributed by atoms with E-state index in [9.17, 15) is 13.2 Å². The van der Waals surface area contributed by atoms with Gasteiger partial charge in [0.2, 0.25) is 0 Å². The molecule has 1 aromatic heterocycles. The van der Waals surface area contributed by atoms with Crippen LogP contribution in [-0.4, -0.2) is 30.6 Å². The van der Waals surface area contributed by atoms with E-state index < -0.39 is 15.0 Å². The molecule has 1 unspecified atom stereocenters. The van der Waals surface area contributed by atoms with Crippen molar-refractivity contribution >= 4 is 25.6 Å². The van der Waals surface area contributed by atoms with Gasteiger partial charge in [0.05, 0.1) is 5.69 Å². The second kappa shape index (κ2) is 6.36. The minimum Gasteiger partial charge on any atom is -0.348 e. The highest BCUT2D eigenvalue weighted by Gasteiger charge is 2.30. The van der Waals surface area contributed by atoms with Crippen molar-refractivity contribution in [2.75, 3.05) is 0 Å². The average molecular weight is 336 g/mol. The Balaban J connectivity index is 3.17. The molecule has 0 aliphatic heterocycles. The van der Waals surface area contributed by atoms with Crippen LogP contribution in [0.2, 0.25) is 0 Å². The topological polar surface area (TPSA) is 91.9 Å². The summed E-state index contributed by atoms with van der Waals surface area (Å²) >= 11 is 0. The molecule has 0 aliphatic rings. The lowest BCUT2D eigenvalue weighted by Gasteiger charge is -2.27. The highest BCUT2D eigenvalue weighted by Crippen LogP contribution is 2.25. The summed E-state index contributed by atoms with van der Waals surface area (Å²) in [7, 11) is 1.41. The molecular weight excluding hydrogens is 314 g/mol. The normalized spacial score (nSPS) is 14.0. The van der Waals surface area contributed by atoms with Gasteiger partial charge in [-0.2, -0.15) is 5.10 Å². The first-order valence-corrected chi connectivity index (χ1v) is 9.12. The molecule has 0 fully saturated rings. The van der Waals surface area contributed by atoms with Gasteiger partial charge < -0.3 is 5.32 Å². The molecule has 0 bridgehead atoms. The number of carbonyl (C=O) groups excluding carboxylic acids is 1. The molecule has 2 N–H and O–H groups in total. The molecule has 8 heteroatoms. The molecule has 0 spiro atoms. The molecule has 1 rings (SSSR count). The third kappa shape index (κ3) is 4.44. The summed E-state index contributed by atoms with van der Waals surface area (Å²) in [5, 5.41) is 9.20. The Morgan fingerprint density at radius 2 is 2.00 bits per heavy atom. The SMILES string of the molecule is CCCc1[nH]nc(C(=O)NC(C)C(C)(C)C)c1S(=O)(=O)Cl. The van der Waals surface area contributed by atoms with E-state index >= 15 is 0 Å². The zero-order chi connectivity index (χ0) is 16.4. The van der Waals surface area contributed by atoms with E-state index in [1.54, 1.807) is 0 Å². The minimum atomic E-state index is -4.04. The minimum absolute atomic E-state index is 0.151. The van der Waals surface area contributed by atoms with Gasteiger partial charge in [-0.15, -0.1) is 0 Å². The van der Waals surface area contributed by atoms with Crippen molar-refractivity contribution in [3.05, 3.63) is 11.4 Å². The fourth-order valence-electron chi connectivity index (χ4n) is 1.69. The maximum atomic E-state index is 12.3. The van der Waals surface area contributed by atoms with Crippen LogP contribution < -0.4 is 5.32 Å². The van der Waals surface area contributed by atoms with Crippen LogP contribution in [0, 0.1) is 5.41 Å². The quantitative estimate of drug-likeness (QED) is 0.808. The number of carbonyl (C=O) groups is 1. The number of hydrogen-bond donors (Lipinski definition) is 2. The van der Waals surface area contributed by atoms with Gasteiger partial charge in [0.25, 0.3) is 15.0 Å². The fourth-order valence-corrected chi connectivity index (χ4v) is 3.00. The Kier molecular flexibility index (Phi) is 5.44. The van der Waals surface area contributed by atoms with Crippen LogP contribution in [0.4, 0.5) is 0 Å². The molecule has 0 saturated carbocycles. The molecule has 1 atom stereocenters. The van der Waals surface area contributed by atoms with Gasteiger partial charge in [-0.3, -0.25) is 9.89 Å². The largest absolute Gasteiger partial charge is 0.348 e. The number of nitrogens with zero attached hydrogens (tertiary/aromatic N) is 1. The van der Waals surface area contributed by atoms with E-state index in [2.05, 4.69) is 15.5 Å². The summed E-state index contributed by atoms with van der Waals surface area (Å²) in [4.78, 5) is 12.1. The van der Waals surface area contributed by atoms with Gasteiger partial charge in [-0.25, -0.2) is 8.42 Å². The Morgan fingerprint density at radius 3 is 2.43 bits per heavy atom. The van der Waals surface area contributed by atoms with E-state index in [0.29, 0.717) is 18.5 Å². The van der Waals surface area contributed by atoms with E-state index in [4.69, 9.17) is 10.7 Å². The summed E-state index contributed by atoms with van der Waals surface area (Å²) in [6.07, 6.45) is 1.16. The lowest BCUT2D eigenvalue weighted by molar-refractivity contribution is 0.0901. The van der Waals surface area contributed by atoms with Crippen LogP contribution in [0.15, 0.2) is 4.90 Å². The van der Waals surface area contributed by atoms with Crippen LogP contribution in [0.5, 0.6) is 0 Å². The molecule has 21 heavy (non-hydrogen) atoms. The van der Waals surface area contributed by atoms with Crippen LogP contribution in [0.1, 0.15) is 57.2 Å². The summed E-state index contributed by atoms with van der Waals surface area (Å²) in [6, 6.07) is -0.151. The van der Waals surface area contributed by atoms with E-state index in [1.807, 2.05) is 34.6 Å². The smallest absolute Gasteiger partial charge is 0.273 e. The van der Waals surface area contributed by atoms with Crippen molar-refractivity contribution in [1.29, 1.82) is 0 Å². The van der Waals surface area contributed by atoms with Gasteiger partial charge in [0.1, 0.15) is 4.90 Å². The second-order valence-corrected chi connectivity index (χ2v) is 8.63. The first-order chi connectivity index (χ1) is 9.48. The van der Waals surface area contributed by atoms with Crippen molar-refractivity contribution in [3.63, 3.8) is 0 Å². The molecule has 6 nitrogen and oxygen atoms in total. The maximum absolute atomic E-state index is 12.3. The molecule has 1 aromatic rings. The average Bonchev–Trinajstić information content (AvgIpc) is 2.71. The summed E-state index contributed by atoms with van der Waals surface area (Å²) in [5.74, 6) is -0.546. The molecule has 1 amide bonds. The Labute approximate surface area is 130 Å². The van der Waals surface area contributed by atoms with Crippen LogP contribution >= 0.6 is 10.7 Å². The van der Waals surface area contributed by atoms with E-state index in [1.165, 1.54) is 0 Å². The Hall–Kier alpha value is -1.08. The highest BCUT2D eigenvalue weighted by molar-refractivity contribution is 8.13. The van der Waals surface area contributed by atoms with Crippen molar-refractivity contribution in [1.82, 2.24) is 15.5 Å². The van der Waals surface area contributed by atoms with Gasteiger partial charge in [0.15, 0.2) is 5.69 Å². The summed E-state index contributed by atoms with van der Waals surface area (Å²) in [5.41, 5.74) is 0.0312. The fraction of sp³-hybridized carbons (Fsp3) is 0.692. The second-order valence-electron chi connectivity index (χ2n) is 6.13. The van der Waals surface area contributed by atoms with Crippen molar-refractivity contribution < 1.29 is 13.2 Å². The number of hydrogen-bond acceptors (Lipinski definition) is 4. The number of H-pyrrole nitrogens is 1. The lowest BCUT2D eigenvalue weighted by atomic mass is 9.88. The standard InChI is InChI=1S/C13H22ClN3O3S/c1-6-7-9-11(21(14,19)20)10(17-16-9)12(18)15-8(2)13(3,4)5/h8H,6-7H2,1-5H3,(H,15,18)(H,16,17). The molecule has 1 heterocycles. The van der Waals surface area contributed by atoms with E-state index in [-0.39, 0.29) is 22.0 Å². The van der Waals surface area contributed by atoms with Crippen molar-refractivity contribution in [2.24, 2.45) is 5.41 Å². The molecular formula is C13H22ClN3O3S. The van der Waals surface area contributed by atoms with Crippen LogP contribution in [-0.2, 0) is 15.5 Å². The lowest BCUT2D eigenvalue weighted by Crippen LogP contribution is -2.41. The number of halogens is 1. The number of aryl methyl sites for hydroxylation is 1. The highest BCUT2D eigenvalue weighted by atomic mass is 35.7. The molecule has 0 aromatic carbocycles. The van der Waals surface area contributed by atoms with Gasteiger partial charge in [0, 0.05) is 16.7 Å². The zero-order valence-corrected chi connectivity index (χ0v) is 14.5. The maximum Gasteiger partial charge on any atom is 0.273 e. The van der Waals surface area contributed by atoms with Gasteiger partial charge >= 0.3 is 0 Å². The predicted octanol–water partition coefficient (Wildman–Crippen LogP) is 2.45. The summed E-state index contributed by atoms with van der Waals surface area (Å²) in [6.45, 7) is 9.68. The monoisotopic (exact) mass is 335 g/mol. The Morgan fingerprint density at radius 1 is 1.43 bits per heavy atom. The zero-order valence-electron chi connectivity index (χ0n) is 12.9. The Bertz CT molecular complexity index is 617. The van der Waals surface area contributed by atoms with Crippen molar-refractivity contribution in [3.8, 4) is 0 Å². The third-order valence-electron chi connectivity index (χ3n) is 3.40. The van der Waals surface area contributed by atoms with Crippen LogP contribution in [0.25, 0.3) is 0 Å². The molecule has 0 aliphatic carbocycles. The molecule has 0 saturated heterocycles. The first-order valence-electron chi connectivity index (χ1n) is 6.81. The number of aromatic amines is 1. The first kappa shape index (κ1) is 18.0. The molecule has 0 radical (unpaired) electrons. The number of amides is 1. The third-order valence-corrected chi connectivity index (χ3v) is 4.79. The number of nitrogens with one attached hydrogen (secondary N) is 2. The summed E-state index contributed by atoms with van der Waals surface area (Å²) < 4.78 is 23.4. The van der Waals surface area contributed by atoms with Crippen LogP contribution in [0.3, 0.4) is 0 Å². The number of aromatic nitrogens is 2. The van der Waals surface area contributed by atoms with Gasteiger partial charge in [-0.1, -0.05) is 34.1 Å². The van der Waals surface area contributed by atoms with Gasteiger partial charge in [-0.05, 0) is 18.8 Å². The van der Waals surface area contributed by atoms with E-state index in [0.717, 1.165) is 0 Å². The predicted molar refractivity (Wildman–Crippen MR) is 82.0 cm³/mol. The molecule has 120 valence electrons. The van der Waals surface area contributed by atoms with Crippen molar-refractivity contribution in [2.45, 2.75) is 58.4 Å². The number of rotatable bonds is 5.